The highest BCUT2D eigenvalue weighted by molar-refractivity contribution is 5.46. The molecule has 1 aromatic heterocycles. The van der Waals surface area contributed by atoms with Gasteiger partial charge < -0.3 is 14.5 Å². The second-order valence-electron chi connectivity index (χ2n) is 6.62. The van der Waals surface area contributed by atoms with Crippen molar-refractivity contribution in [2.45, 2.75) is 27.2 Å². The van der Waals surface area contributed by atoms with Crippen molar-refractivity contribution in [2.24, 2.45) is 11.8 Å². The Hall–Kier alpha value is -1.36. The average Bonchev–Trinajstić information content (AvgIpc) is 2.46. The Morgan fingerprint density at radius 1 is 1.05 bits per heavy atom. The fraction of sp³-hybridized carbons (Fsp3) is 0.750. The van der Waals surface area contributed by atoms with Crippen LogP contribution < -0.4 is 9.80 Å². The van der Waals surface area contributed by atoms with Gasteiger partial charge in [0.15, 0.2) is 0 Å². The molecule has 0 radical (unpaired) electrons. The fourth-order valence-electron chi connectivity index (χ4n) is 3.46. The molecule has 1 aromatic rings. The highest BCUT2D eigenvalue weighted by atomic mass is 16.5. The van der Waals surface area contributed by atoms with Crippen molar-refractivity contribution in [3.63, 3.8) is 0 Å². The Labute approximate surface area is 127 Å². The summed E-state index contributed by atoms with van der Waals surface area (Å²) >= 11 is 0. The van der Waals surface area contributed by atoms with Crippen LogP contribution >= 0.6 is 0 Å². The van der Waals surface area contributed by atoms with Gasteiger partial charge in [-0.15, -0.1) is 0 Å². The van der Waals surface area contributed by atoms with Gasteiger partial charge in [-0.1, -0.05) is 13.8 Å². The third kappa shape index (κ3) is 3.46. The van der Waals surface area contributed by atoms with E-state index in [4.69, 9.17) is 9.72 Å². The molecule has 3 heterocycles. The van der Waals surface area contributed by atoms with Crippen LogP contribution in [0.5, 0.6) is 0 Å². The first-order valence-electron chi connectivity index (χ1n) is 8.05. The second-order valence-corrected chi connectivity index (χ2v) is 6.62. The van der Waals surface area contributed by atoms with Gasteiger partial charge >= 0.3 is 0 Å². The molecule has 0 amide bonds. The molecule has 2 atom stereocenters. The maximum Gasteiger partial charge on any atom is 0.227 e. The Kier molecular flexibility index (Phi) is 4.29. The van der Waals surface area contributed by atoms with E-state index in [0.717, 1.165) is 56.9 Å². The van der Waals surface area contributed by atoms with Gasteiger partial charge in [0.2, 0.25) is 5.95 Å². The minimum Gasteiger partial charge on any atom is -0.378 e. The first kappa shape index (κ1) is 14.6. The molecule has 2 saturated heterocycles. The highest BCUT2D eigenvalue weighted by Gasteiger charge is 2.24. The number of piperidine rings is 1. The summed E-state index contributed by atoms with van der Waals surface area (Å²) < 4.78 is 5.43. The molecule has 2 fully saturated rings. The SMILES string of the molecule is Cc1cc(N2CCOCC2)nc(N2C[C@H](C)C[C@@H](C)C2)n1. The summed E-state index contributed by atoms with van der Waals surface area (Å²) in [7, 11) is 0. The van der Waals surface area contributed by atoms with E-state index in [1.165, 1.54) is 6.42 Å². The summed E-state index contributed by atoms with van der Waals surface area (Å²) in [5, 5.41) is 0. The highest BCUT2D eigenvalue weighted by Crippen LogP contribution is 2.26. The standard InChI is InChI=1S/C16H26N4O/c1-12-8-13(2)11-20(10-12)16-17-14(3)9-15(18-16)19-4-6-21-7-5-19/h9,12-13H,4-8,10-11H2,1-3H3/t12-,13-/m1/s1. The third-order valence-electron chi connectivity index (χ3n) is 4.32. The van der Waals surface area contributed by atoms with Crippen LogP contribution in [0.2, 0.25) is 0 Å². The van der Waals surface area contributed by atoms with Gasteiger partial charge in [0.1, 0.15) is 5.82 Å². The van der Waals surface area contributed by atoms with Crippen molar-refractivity contribution in [3.05, 3.63) is 11.8 Å². The van der Waals surface area contributed by atoms with Crippen molar-refractivity contribution < 1.29 is 4.74 Å². The van der Waals surface area contributed by atoms with Gasteiger partial charge in [0.25, 0.3) is 0 Å². The molecule has 0 bridgehead atoms. The molecule has 116 valence electrons. The fourth-order valence-corrected chi connectivity index (χ4v) is 3.46. The van der Waals surface area contributed by atoms with Gasteiger partial charge in [0, 0.05) is 37.9 Å². The monoisotopic (exact) mass is 290 g/mol. The summed E-state index contributed by atoms with van der Waals surface area (Å²) in [4.78, 5) is 14.2. The van der Waals surface area contributed by atoms with E-state index in [1.807, 2.05) is 0 Å². The molecule has 5 heteroatoms. The molecule has 2 aliphatic rings. The lowest BCUT2D eigenvalue weighted by Crippen LogP contribution is -2.41. The number of hydrogen-bond acceptors (Lipinski definition) is 5. The summed E-state index contributed by atoms with van der Waals surface area (Å²) in [5.74, 6) is 3.37. The molecule has 21 heavy (non-hydrogen) atoms. The maximum absolute atomic E-state index is 5.43. The summed E-state index contributed by atoms with van der Waals surface area (Å²) in [6.07, 6.45) is 1.30. The number of anilines is 2. The predicted octanol–water partition coefficient (Wildman–Crippen LogP) is 2.10. The molecule has 5 nitrogen and oxygen atoms in total. The maximum atomic E-state index is 5.43. The van der Waals surface area contributed by atoms with Crippen LogP contribution in [0.25, 0.3) is 0 Å². The zero-order valence-corrected chi connectivity index (χ0v) is 13.4. The lowest BCUT2D eigenvalue weighted by Gasteiger charge is -2.36. The van der Waals surface area contributed by atoms with E-state index < -0.39 is 0 Å². The van der Waals surface area contributed by atoms with Gasteiger partial charge in [-0.05, 0) is 25.2 Å². The number of nitrogens with zero attached hydrogens (tertiary/aromatic N) is 4. The van der Waals surface area contributed by atoms with Crippen LogP contribution in [0, 0.1) is 18.8 Å². The molecular formula is C16H26N4O. The van der Waals surface area contributed by atoms with Gasteiger partial charge in [-0.3, -0.25) is 0 Å². The van der Waals surface area contributed by atoms with Crippen LogP contribution in [-0.4, -0.2) is 49.4 Å². The summed E-state index contributed by atoms with van der Waals surface area (Å²) in [5.41, 5.74) is 1.05. The first-order chi connectivity index (χ1) is 10.1. The van der Waals surface area contributed by atoms with Crippen LogP contribution in [0.4, 0.5) is 11.8 Å². The molecule has 0 N–H and O–H groups in total. The minimum atomic E-state index is 0.713. The normalized spacial score (nSPS) is 27.0. The Morgan fingerprint density at radius 2 is 1.71 bits per heavy atom. The number of aryl methyl sites for hydroxylation is 1. The second kappa shape index (κ2) is 6.18. The number of rotatable bonds is 2. The van der Waals surface area contributed by atoms with E-state index in [9.17, 15) is 0 Å². The molecule has 0 aliphatic carbocycles. The predicted molar refractivity (Wildman–Crippen MR) is 85.0 cm³/mol. The van der Waals surface area contributed by atoms with Crippen molar-refractivity contribution in [1.29, 1.82) is 0 Å². The Bertz CT molecular complexity index is 477. The average molecular weight is 290 g/mol. The first-order valence-corrected chi connectivity index (χ1v) is 8.05. The van der Waals surface area contributed by atoms with Gasteiger partial charge in [0.05, 0.1) is 13.2 Å². The number of hydrogen-bond donors (Lipinski definition) is 0. The largest absolute Gasteiger partial charge is 0.378 e. The lowest BCUT2D eigenvalue weighted by molar-refractivity contribution is 0.122. The van der Waals surface area contributed by atoms with E-state index in [2.05, 4.69) is 41.6 Å². The van der Waals surface area contributed by atoms with E-state index in [1.54, 1.807) is 0 Å². The van der Waals surface area contributed by atoms with Crippen molar-refractivity contribution in [3.8, 4) is 0 Å². The molecule has 0 aromatic carbocycles. The summed E-state index contributed by atoms with van der Waals surface area (Å²) in [6.45, 7) is 12.2. The number of aromatic nitrogens is 2. The van der Waals surface area contributed by atoms with Crippen LogP contribution in [0.15, 0.2) is 6.07 Å². The van der Waals surface area contributed by atoms with Crippen molar-refractivity contribution in [2.75, 3.05) is 49.2 Å². The summed E-state index contributed by atoms with van der Waals surface area (Å²) in [6, 6.07) is 2.09. The zero-order chi connectivity index (χ0) is 14.8. The smallest absolute Gasteiger partial charge is 0.227 e. The molecule has 3 rings (SSSR count). The molecule has 0 unspecified atom stereocenters. The van der Waals surface area contributed by atoms with Gasteiger partial charge in [-0.25, -0.2) is 4.98 Å². The topological polar surface area (TPSA) is 41.5 Å². The molecule has 0 spiro atoms. The quantitative estimate of drug-likeness (QED) is 0.834. The zero-order valence-electron chi connectivity index (χ0n) is 13.4. The van der Waals surface area contributed by atoms with E-state index >= 15 is 0 Å². The van der Waals surface area contributed by atoms with Crippen LogP contribution in [-0.2, 0) is 4.74 Å². The van der Waals surface area contributed by atoms with Crippen molar-refractivity contribution >= 4 is 11.8 Å². The lowest BCUT2D eigenvalue weighted by atomic mass is 9.92. The molecular weight excluding hydrogens is 264 g/mol. The van der Waals surface area contributed by atoms with E-state index in [-0.39, 0.29) is 0 Å². The van der Waals surface area contributed by atoms with E-state index in [0.29, 0.717) is 11.8 Å². The third-order valence-corrected chi connectivity index (χ3v) is 4.32. The Morgan fingerprint density at radius 3 is 2.38 bits per heavy atom. The van der Waals surface area contributed by atoms with Crippen LogP contribution in [0.1, 0.15) is 26.0 Å². The number of ether oxygens (including phenoxy) is 1. The molecule has 0 saturated carbocycles. The Balaban J connectivity index is 1.83. The van der Waals surface area contributed by atoms with Gasteiger partial charge in [-0.2, -0.15) is 4.98 Å². The van der Waals surface area contributed by atoms with Crippen LogP contribution in [0.3, 0.4) is 0 Å². The van der Waals surface area contributed by atoms with Crippen molar-refractivity contribution in [1.82, 2.24) is 9.97 Å². The number of morpholine rings is 1. The minimum absolute atomic E-state index is 0.713. The molecule has 2 aliphatic heterocycles.